The topological polar surface area (TPSA) is 94.8 Å². The van der Waals surface area contributed by atoms with Gasteiger partial charge < -0.3 is 32.2 Å². The molecular weight excluding hydrogens is 646 g/mol. The first-order valence-electron chi connectivity index (χ1n) is 21.7. The van der Waals surface area contributed by atoms with Gasteiger partial charge in [-0.1, -0.05) is 194 Å². The molecule has 50 heavy (non-hydrogen) atoms. The Hall–Kier alpha value is -0.530. The first-order valence-corrected chi connectivity index (χ1v) is 21.7. The van der Waals surface area contributed by atoms with E-state index < -0.39 is 12.2 Å². The molecule has 0 radical (unpaired) electrons. The highest BCUT2D eigenvalue weighted by Crippen LogP contribution is 2.17. The van der Waals surface area contributed by atoms with Gasteiger partial charge >= 0.3 is 0 Å². The maximum Gasteiger partial charge on any atom is 0.167 e. The van der Waals surface area contributed by atoms with Gasteiger partial charge in [-0.3, -0.25) is 9.59 Å². The third kappa shape index (κ3) is 33.3. The number of hydrogen-bond acceptors (Lipinski definition) is 5. The highest BCUT2D eigenvalue weighted by Gasteiger charge is 2.33. The second kappa shape index (κ2) is 38.2. The van der Waals surface area contributed by atoms with Crippen LogP contribution in [0.25, 0.3) is 0 Å². The van der Waals surface area contributed by atoms with Crippen molar-refractivity contribution in [2.75, 3.05) is 33.3 Å². The van der Waals surface area contributed by atoms with E-state index in [1.807, 2.05) is 7.05 Å². The van der Waals surface area contributed by atoms with Crippen molar-refractivity contribution in [2.24, 2.45) is 0 Å². The number of aliphatic hydroxyl groups excluding tert-OH is 3. The maximum atomic E-state index is 12.7. The van der Waals surface area contributed by atoms with Gasteiger partial charge in [0.1, 0.15) is 19.6 Å². The molecule has 0 aliphatic carbocycles. The largest absolute Gasteiger partial charge is 1.00 e. The smallest absolute Gasteiger partial charge is 0.167 e. The van der Waals surface area contributed by atoms with Crippen molar-refractivity contribution in [1.29, 1.82) is 0 Å². The number of unbranched alkanes of at least 4 members (excludes halogenated alkanes) is 28. The van der Waals surface area contributed by atoms with Gasteiger partial charge in [0.25, 0.3) is 0 Å². The van der Waals surface area contributed by atoms with Crippen molar-refractivity contribution in [3.8, 4) is 0 Å². The Morgan fingerprint density at radius 2 is 0.660 bits per heavy atom. The summed E-state index contributed by atoms with van der Waals surface area (Å²) in [5, 5.41) is 31.0. The van der Waals surface area contributed by atoms with Crippen LogP contribution in [-0.4, -0.2) is 76.9 Å². The van der Waals surface area contributed by atoms with Gasteiger partial charge in [-0.15, -0.1) is 0 Å². The molecular formula is C43H86ClNO5. The highest BCUT2D eigenvalue weighted by atomic mass is 35.5. The number of quaternary nitrogens is 1. The third-order valence-electron chi connectivity index (χ3n) is 10.7. The molecule has 0 heterocycles. The van der Waals surface area contributed by atoms with Gasteiger partial charge in [0.2, 0.25) is 0 Å². The van der Waals surface area contributed by atoms with Crippen LogP contribution in [0.5, 0.6) is 0 Å². The molecule has 3 N–H and O–H groups in total. The van der Waals surface area contributed by atoms with Crippen molar-refractivity contribution in [1.82, 2.24) is 0 Å². The summed E-state index contributed by atoms with van der Waals surface area (Å²) in [6.07, 6.45) is 36.6. The zero-order valence-electron chi connectivity index (χ0n) is 33.6. The fraction of sp³-hybridized carbons (Fsp3) is 0.953. The Kier molecular flexibility index (Phi) is 39.4. The molecule has 0 aliphatic rings. The summed E-state index contributed by atoms with van der Waals surface area (Å²) in [7, 11) is 1.81. The number of Topliss-reactive ketones (excluding diaryl/α,β-unsaturated/α-hetero) is 2. The molecule has 6 nitrogen and oxygen atoms in total. The van der Waals surface area contributed by atoms with E-state index in [1.165, 1.54) is 154 Å². The van der Waals surface area contributed by atoms with E-state index in [0.29, 0.717) is 12.8 Å². The zero-order chi connectivity index (χ0) is 36.3. The summed E-state index contributed by atoms with van der Waals surface area (Å²) in [4.78, 5) is 25.4. The van der Waals surface area contributed by atoms with Crippen LogP contribution in [0, 0.1) is 0 Å². The number of likely N-dealkylation sites (N-methyl/N-ethyl adjacent to an activating group) is 1. The number of hydrogen-bond donors (Lipinski definition) is 3. The average molecular weight is 733 g/mol. The minimum Gasteiger partial charge on any atom is -1.00 e. The number of carbonyl (C=O) groups is 2. The Balaban J connectivity index is 0. The first-order chi connectivity index (χ1) is 23.8. The van der Waals surface area contributed by atoms with Crippen LogP contribution in [0.2, 0.25) is 0 Å². The molecule has 0 saturated heterocycles. The lowest BCUT2D eigenvalue weighted by Gasteiger charge is -2.36. The number of halogens is 1. The Bertz CT molecular complexity index is 682. The van der Waals surface area contributed by atoms with Crippen LogP contribution in [0.15, 0.2) is 0 Å². The highest BCUT2D eigenvalue weighted by molar-refractivity contribution is 5.83. The molecule has 2 atom stereocenters. The number of carbonyl (C=O) groups excluding carboxylic acids is 2. The number of aliphatic hydroxyl groups is 3. The zero-order valence-corrected chi connectivity index (χ0v) is 34.3. The lowest BCUT2D eigenvalue weighted by atomic mass is 10.0. The molecule has 300 valence electrons. The molecule has 2 unspecified atom stereocenters. The number of rotatable bonds is 40. The predicted octanol–water partition coefficient (Wildman–Crippen LogP) is 7.81. The van der Waals surface area contributed by atoms with E-state index in [1.54, 1.807) is 0 Å². The quantitative estimate of drug-likeness (QED) is 0.0442. The summed E-state index contributed by atoms with van der Waals surface area (Å²) < 4.78 is 0.105. The van der Waals surface area contributed by atoms with Gasteiger partial charge in [-0.05, 0) is 12.8 Å². The average Bonchev–Trinajstić information content (AvgIpc) is 3.07. The lowest BCUT2D eigenvalue weighted by Crippen LogP contribution is -3.00. The maximum absolute atomic E-state index is 12.7. The third-order valence-corrected chi connectivity index (χ3v) is 10.7. The molecule has 0 aliphatic heterocycles. The summed E-state index contributed by atoms with van der Waals surface area (Å²) in [6.45, 7) is 4.91. The summed E-state index contributed by atoms with van der Waals surface area (Å²) in [5.41, 5.74) is 0. The molecule has 0 fully saturated rings. The van der Waals surface area contributed by atoms with Crippen LogP contribution in [-0.2, 0) is 9.59 Å². The van der Waals surface area contributed by atoms with Gasteiger partial charge in [0.05, 0.1) is 13.7 Å². The standard InChI is InChI=1S/C43H86NO5.ClH/c1-4-6-8-10-12-14-16-18-20-22-24-26-28-30-32-34-40(46)42(48)38-44(3,36-37-45)39-43(49)41(47)35-33-31-29-27-25-23-21-19-17-15-13-11-9-7-5-2;/h42-43,45,48-49H,4-39H2,1-3H3;1H/q+1;/p-1. The van der Waals surface area contributed by atoms with Crippen LogP contribution >= 0.6 is 0 Å². The van der Waals surface area contributed by atoms with Crippen LogP contribution in [0.4, 0.5) is 0 Å². The van der Waals surface area contributed by atoms with E-state index in [-0.39, 0.29) is 54.7 Å². The Morgan fingerprint density at radius 3 is 0.880 bits per heavy atom. The molecule has 7 heteroatoms. The monoisotopic (exact) mass is 732 g/mol. The molecule has 0 spiro atoms. The fourth-order valence-corrected chi connectivity index (χ4v) is 7.21. The van der Waals surface area contributed by atoms with Crippen molar-refractivity contribution in [3.63, 3.8) is 0 Å². The molecule has 0 rings (SSSR count). The van der Waals surface area contributed by atoms with Crippen molar-refractivity contribution < 1.29 is 41.8 Å². The van der Waals surface area contributed by atoms with Crippen molar-refractivity contribution in [2.45, 2.75) is 232 Å². The molecule has 0 saturated carbocycles. The van der Waals surface area contributed by atoms with Gasteiger partial charge in [0, 0.05) is 12.8 Å². The molecule has 0 aromatic carbocycles. The number of ketones is 2. The van der Waals surface area contributed by atoms with Gasteiger partial charge in [-0.2, -0.15) is 0 Å². The molecule has 0 amide bonds. The first kappa shape index (κ1) is 51.6. The molecule has 0 aromatic rings. The van der Waals surface area contributed by atoms with Crippen molar-refractivity contribution >= 4 is 11.6 Å². The SMILES string of the molecule is CCCCCCCCCCCCCCCCCC(=O)C(O)C[N+](C)(CCO)CC(O)C(=O)CCCCCCCCCCCCCCCCC.[Cl-]. The van der Waals surface area contributed by atoms with Crippen LogP contribution in [0.1, 0.15) is 219 Å². The summed E-state index contributed by atoms with van der Waals surface area (Å²) >= 11 is 0. The van der Waals surface area contributed by atoms with E-state index in [2.05, 4.69) is 13.8 Å². The lowest BCUT2D eigenvalue weighted by molar-refractivity contribution is -0.913. The van der Waals surface area contributed by atoms with E-state index >= 15 is 0 Å². The molecule has 0 bridgehead atoms. The Morgan fingerprint density at radius 1 is 0.440 bits per heavy atom. The van der Waals surface area contributed by atoms with E-state index in [0.717, 1.165) is 38.5 Å². The number of nitrogens with zero attached hydrogens (tertiary/aromatic N) is 1. The molecule has 0 aromatic heterocycles. The second-order valence-corrected chi connectivity index (χ2v) is 15.8. The van der Waals surface area contributed by atoms with E-state index in [9.17, 15) is 24.9 Å². The predicted molar refractivity (Wildman–Crippen MR) is 209 cm³/mol. The normalized spacial score (nSPS) is 13.9. The van der Waals surface area contributed by atoms with Gasteiger partial charge in [-0.25, -0.2) is 0 Å². The minimum absolute atomic E-state index is 0. The van der Waals surface area contributed by atoms with Crippen LogP contribution < -0.4 is 12.4 Å². The van der Waals surface area contributed by atoms with E-state index in [4.69, 9.17) is 0 Å². The van der Waals surface area contributed by atoms with Crippen molar-refractivity contribution in [3.05, 3.63) is 0 Å². The summed E-state index contributed by atoms with van der Waals surface area (Å²) in [6, 6.07) is 0. The second-order valence-electron chi connectivity index (χ2n) is 15.8. The minimum atomic E-state index is -1.14. The van der Waals surface area contributed by atoms with Crippen LogP contribution in [0.3, 0.4) is 0 Å². The van der Waals surface area contributed by atoms with Gasteiger partial charge in [0.15, 0.2) is 23.8 Å². The Labute approximate surface area is 317 Å². The summed E-state index contributed by atoms with van der Waals surface area (Å²) in [5.74, 6) is -0.341. The fourth-order valence-electron chi connectivity index (χ4n) is 7.21.